The monoisotopic (exact) mass is 324 g/mol. The van der Waals surface area contributed by atoms with Gasteiger partial charge in [-0.3, -0.25) is 19.8 Å². The first-order chi connectivity index (χ1) is 9.93. The van der Waals surface area contributed by atoms with Gasteiger partial charge in [0.15, 0.2) is 5.75 Å². The normalized spacial score (nSPS) is 16.8. The van der Waals surface area contributed by atoms with Crippen LogP contribution in [0.4, 0.5) is 5.69 Å². The van der Waals surface area contributed by atoms with Crippen molar-refractivity contribution in [3.05, 3.63) is 38.8 Å². The molecule has 0 saturated carbocycles. The molecule has 110 valence electrons. The lowest BCUT2D eigenvalue weighted by molar-refractivity contribution is -0.385. The summed E-state index contributed by atoms with van der Waals surface area (Å²) in [6.07, 6.45) is 2.34. The van der Waals surface area contributed by atoms with Crippen LogP contribution in [-0.4, -0.2) is 31.7 Å². The zero-order chi connectivity index (χ0) is 15.6. The number of carbonyl (C=O) groups excluding carboxylic acids is 1. The third-order valence-corrected chi connectivity index (χ3v) is 4.19. The van der Waals surface area contributed by atoms with Crippen molar-refractivity contribution in [1.29, 1.82) is 0 Å². The summed E-state index contributed by atoms with van der Waals surface area (Å²) in [5.74, 6) is -0.599. The molecule has 21 heavy (non-hydrogen) atoms. The first-order valence-electron chi connectivity index (χ1n) is 6.16. The van der Waals surface area contributed by atoms with E-state index in [1.807, 2.05) is 6.92 Å². The number of amides is 1. The molecule has 1 heterocycles. The van der Waals surface area contributed by atoms with E-state index in [9.17, 15) is 20.0 Å². The summed E-state index contributed by atoms with van der Waals surface area (Å²) in [5, 5.41) is 20.2. The quantitative estimate of drug-likeness (QED) is 0.397. The summed E-state index contributed by atoms with van der Waals surface area (Å²) in [7, 11) is 0. The predicted octanol–water partition coefficient (Wildman–Crippen LogP) is 2.91. The number of thioether (sulfide) groups is 1. The summed E-state index contributed by atoms with van der Waals surface area (Å²) in [5.41, 5.74) is 0.0734. The van der Waals surface area contributed by atoms with Crippen LogP contribution in [0.5, 0.6) is 5.75 Å². The number of carbonyl (C=O) groups is 1. The molecule has 1 aromatic rings. The lowest BCUT2D eigenvalue weighted by Gasteiger charge is -2.11. The van der Waals surface area contributed by atoms with Crippen LogP contribution >= 0.6 is 24.0 Å². The number of nitro groups is 1. The van der Waals surface area contributed by atoms with Gasteiger partial charge in [0.1, 0.15) is 4.32 Å². The van der Waals surface area contributed by atoms with E-state index in [-0.39, 0.29) is 5.91 Å². The second-order valence-corrected chi connectivity index (χ2v) is 6.01. The first kappa shape index (κ1) is 15.5. The Balaban J connectivity index is 2.33. The molecular formula is C13H12N2O4S2. The van der Waals surface area contributed by atoms with Gasteiger partial charge in [-0.1, -0.05) is 37.0 Å². The molecule has 1 aliphatic heterocycles. The molecular weight excluding hydrogens is 312 g/mol. The molecule has 0 spiro atoms. The van der Waals surface area contributed by atoms with Crippen molar-refractivity contribution in [2.24, 2.45) is 0 Å². The molecule has 2 rings (SSSR count). The third-order valence-electron chi connectivity index (χ3n) is 2.81. The van der Waals surface area contributed by atoms with Crippen molar-refractivity contribution in [2.45, 2.75) is 13.3 Å². The fraction of sp³-hybridized carbons (Fsp3) is 0.231. The summed E-state index contributed by atoms with van der Waals surface area (Å²) < 4.78 is 0.487. The number of hydrogen-bond acceptors (Lipinski definition) is 6. The Hall–Kier alpha value is -1.93. The fourth-order valence-electron chi connectivity index (χ4n) is 1.84. The highest BCUT2D eigenvalue weighted by molar-refractivity contribution is 8.26. The number of benzene rings is 1. The smallest absolute Gasteiger partial charge is 0.311 e. The molecule has 1 aromatic carbocycles. The molecule has 1 fully saturated rings. The number of thiocarbonyl (C=S) groups is 1. The maximum absolute atomic E-state index is 12.2. The van der Waals surface area contributed by atoms with Crippen molar-refractivity contribution >= 4 is 46.0 Å². The maximum Gasteiger partial charge on any atom is 0.311 e. The van der Waals surface area contributed by atoms with Crippen LogP contribution in [0.3, 0.4) is 0 Å². The highest BCUT2D eigenvalue weighted by atomic mass is 32.2. The van der Waals surface area contributed by atoms with Gasteiger partial charge in [0.05, 0.1) is 9.83 Å². The molecule has 0 aromatic heterocycles. The number of nitro benzene ring substituents is 1. The Labute approximate surface area is 130 Å². The molecule has 0 unspecified atom stereocenters. The number of aromatic hydroxyl groups is 1. The van der Waals surface area contributed by atoms with Crippen molar-refractivity contribution < 1.29 is 14.8 Å². The summed E-state index contributed by atoms with van der Waals surface area (Å²) in [4.78, 5) is 24.2. The van der Waals surface area contributed by atoms with E-state index in [1.54, 1.807) is 6.08 Å². The second-order valence-electron chi connectivity index (χ2n) is 4.34. The molecule has 6 nitrogen and oxygen atoms in total. The zero-order valence-electron chi connectivity index (χ0n) is 11.1. The highest BCUT2D eigenvalue weighted by Crippen LogP contribution is 2.34. The largest absolute Gasteiger partial charge is 0.502 e. The molecule has 0 aliphatic carbocycles. The summed E-state index contributed by atoms with van der Waals surface area (Å²) in [6, 6.07) is 3.97. The molecule has 0 bridgehead atoms. The van der Waals surface area contributed by atoms with Crippen LogP contribution in [-0.2, 0) is 4.79 Å². The third kappa shape index (κ3) is 3.22. The zero-order valence-corrected chi connectivity index (χ0v) is 12.7. The molecule has 1 aliphatic rings. The predicted molar refractivity (Wildman–Crippen MR) is 84.9 cm³/mol. The Morgan fingerprint density at radius 2 is 2.24 bits per heavy atom. The molecule has 1 saturated heterocycles. The molecule has 0 radical (unpaired) electrons. The Kier molecular flexibility index (Phi) is 4.59. The van der Waals surface area contributed by atoms with Gasteiger partial charge in [0.2, 0.25) is 0 Å². The van der Waals surface area contributed by atoms with Crippen molar-refractivity contribution in [1.82, 2.24) is 4.90 Å². The topological polar surface area (TPSA) is 83.7 Å². The fourth-order valence-corrected chi connectivity index (χ4v) is 3.15. The van der Waals surface area contributed by atoms with E-state index < -0.39 is 16.4 Å². The molecule has 1 amide bonds. The average Bonchev–Trinajstić information content (AvgIpc) is 2.69. The van der Waals surface area contributed by atoms with E-state index in [1.165, 1.54) is 34.9 Å². The van der Waals surface area contributed by atoms with Crippen molar-refractivity contribution in [2.75, 3.05) is 6.54 Å². The number of phenols is 1. The SMILES string of the molecule is CCCN1C(=O)/C(=C\c2ccc(O)c([N+](=O)[O-])c2)SC1=S. The van der Waals surface area contributed by atoms with Gasteiger partial charge in [0, 0.05) is 12.6 Å². The van der Waals surface area contributed by atoms with Crippen LogP contribution in [0.25, 0.3) is 6.08 Å². The standard InChI is InChI=1S/C13H12N2O4S2/c1-2-5-14-12(17)11(21-13(14)20)7-8-3-4-10(16)9(6-8)15(18)19/h3-4,6-7,16H,2,5H2,1H3/b11-7+. The average molecular weight is 324 g/mol. The van der Waals surface area contributed by atoms with Gasteiger partial charge in [-0.15, -0.1) is 0 Å². The minimum absolute atomic E-state index is 0.192. The second kappa shape index (κ2) is 6.23. The maximum atomic E-state index is 12.2. The number of hydrogen-bond donors (Lipinski definition) is 1. The molecule has 0 atom stereocenters. The Morgan fingerprint density at radius 1 is 1.52 bits per heavy atom. The molecule has 1 N–H and O–H groups in total. The molecule has 8 heteroatoms. The van der Waals surface area contributed by atoms with E-state index >= 15 is 0 Å². The number of nitrogens with zero attached hydrogens (tertiary/aromatic N) is 2. The minimum atomic E-state index is -0.672. The van der Waals surface area contributed by atoms with E-state index in [0.717, 1.165) is 6.42 Å². The highest BCUT2D eigenvalue weighted by Gasteiger charge is 2.31. The first-order valence-corrected chi connectivity index (χ1v) is 7.39. The van der Waals surface area contributed by atoms with E-state index in [4.69, 9.17) is 12.2 Å². The van der Waals surface area contributed by atoms with E-state index in [2.05, 4.69) is 0 Å². The summed E-state index contributed by atoms with van der Waals surface area (Å²) in [6.45, 7) is 2.50. The van der Waals surface area contributed by atoms with Gasteiger partial charge < -0.3 is 5.11 Å². The van der Waals surface area contributed by atoms with Crippen LogP contribution in [0.15, 0.2) is 23.1 Å². The lowest BCUT2D eigenvalue weighted by atomic mass is 10.1. The van der Waals surface area contributed by atoms with Gasteiger partial charge in [-0.25, -0.2) is 0 Å². The Morgan fingerprint density at radius 3 is 2.86 bits per heavy atom. The number of rotatable bonds is 4. The van der Waals surface area contributed by atoms with Crippen LogP contribution < -0.4 is 0 Å². The van der Waals surface area contributed by atoms with Gasteiger partial charge in [0.25, 0.3) is 5.91 Å². The van der Waals surface area contributed by atoms with Gasteiger partial charge in [-0.05, 0) is 24.1 Å². The Bertz CT molecular complexity index is 658. The van der Waals surface area contributed by atoms with Crippen molar-refractivity contribution in [3.8, 4) is 5.75 Å². The van der Waals surface area contributed by atoms with Gasteiger partial charge >= 0.3 is 5.69 Å². The van der Waals surface area contributed by atoms with Crippen molar-refractivity contribution in [3.63, 3.8) is 0 Å². The number of phenolic OH excluding ortho intramolecular Hbond substituents is 1. The lowest BCUT2D eigenvalue weighted by Crippen LogP contribution is -2.28. The summed E-state index contributed by atoms with van der Waals surface area (Å²) >= 11 is 6.31. The van der Waals surface area contributed by atoms with Gasteiger partial charge in [-0.2, -0.15) is 0 Å². The van der Waals surface area contributed by atoms with E-state index in [0.29, 0.717) is 21.3 Å². The van der Waals surface area contributed by atoms with Crippen LogP contribution in [0.1, 0.15) is 18.9 Å². The minimum Gasteiger partial charge on any atom is -0.502 e. The van der Waals surface area contributed by atoms with Crippen LogP contribution in [0.2, 0.25) is 0 Å². The van der Waals surface area contributed by atoms with Crippen LogP contribution in [0, 0.1) is 10.1 Å².